The van der Waals surface area contributed by atoms with Gasteiger partial charge in [-0.1, -0.05) is 0 Å². The van der Waals surface area contributed by atoms with E-state index in [1.807, 2.05) is 0 Å². The molecule has 7 nitrogen and oxygen atoms in total. The zero-order chi connectivity index (χ0) is 13.7. The van der Waals surface area contributed by atoms with Gasteiger partial charge in [-0.25, -0.2) is 13.1 Å². The number of hydrogen-bond acceptors (Lipinski definition) is 5. The van der Waals surface area contributed by atoms with Crippen LogP contribution in [0.15, 0.2) is 11.2 Å². The van der Waals surface area contributed by atoms with Gasteiger partial charge in [0, 0.05) is 12.1 Å². The predicted molar refractivity (Wildman–Crippen MR) is 70.0 cm³/mol. The average Bonchev–Trinajstić information content (AvgIpc) is 3.05. The molecule has 0 atom stereocenters. The highest BCUT2D eigenvalue weighted by Gasteiger charge is 2.20. The smallest absolute Gasteiger partial charge is 0.257 e. The molecule has 1 fully saturated rings. The Hall–Kier alpha value is -0.960. The molecule has 1 aromatic heterocycles. The number of H-pyrrole nitrogens is 1. The number of hydrogen-bond donors (Lipinski definition) is 3. The molecule has 8 heteroatoms. The zero-order valence-electron chi connectivity index (χ0n) is 10.8. The van der Waals surface area contributed by atoms with Crippen LogP contribution >= 0.6 is 0 Å². The molecule has 0 spiro atoms. The van der Waals surface area contributed by atoms with Crippen LogP contribution in [-0.2, 0) is 16.6 Å². The Morgan fingerprint density at radius 2 is 2.16 bits per heavy atom. The molecule has 1 aliphatic rings. The van der Waals surface area contributed by atoms with Crippen LogP contribution in [-0.4, -0.2) is 54.8 Å². The van der Waals surface area contributed by atoms with Gasteiger partial charge in [-0.15, -0.1) is 0 Å². The second kappa shape index (κ2) is 6.47. The summed E-state index contributed by atoms with van der Waals surface area (Å²) in [6, 6.07) is 0. The molecule has 108 valence electrons. The largest absolute Gasteiger partial charge is 0.392 e. The molecule has 2 rings (SSSR count). The molecule has 1 aromatic rings. The fraction of sp³-hybridized carbons (Fsp3) is 0.727. The fourth-order valence-corrected chi connectivity index (χ4v) is 3.42. The Balaban J connectivity index is 1.81. The molecular formula is C11H20N4O3S. The van der Waals surface area contributed by atoms with Crippen LogP contribution < -0.4 is 4.72 Å². The SMILES string of the molecule is O=S(=O)(NCCCN1CCCC1)c1[nH]ncc1CO. The van der Waals surface area contributed by atoms with Crippen molar-refractivity contribution in [2.45, 2.75) is 30.9 Å². The second-order valence-electron chi connectivity index (χ2n) is 4.68. The van der Waals surface area contributed by atoms with Crippen LogP contribution in [0.3, 0.4) is 0 Å². The summed E-state index contributed by atoms with van der Waals surface area (Å²) in [6.07, 6.45) is 4.57. The summed E-state index contributed by atoms with van der Waals surface area (Å²) in [6.45, 7) is 3.19. The summed E-state index contributed by atoms with van der Waals surface area (Å²) in [7, 11) is -3.60. The van der Waals surface area contributed by atoms with Crippen LogP contribution in [0.2, 0.25) is 0 Å². The lowest BCUT2D eigenvalue weighted by Gasteiger charge is -2.14. The second-order valence-corrected chi connectivity index (χ2v) is 6.39. The van der Waals surface area contributed by atoms with Crippen LogP contribution in [0, 0.1) is 0 Å². The van der Waals surface area contributed by atoms with Crippen molar-refractivity contribution in [2.75, 3.05) is 26.2 Å². The first-order valence-electron chi connectivity index (χ1n) is 6.48. The lowest BCUT2D eigenvalue weighted by Crippen LogP contribution is -2.29. The number of aliphatic hydroxyl groups is 1. The molecule has 1 saturated heterocycles. The first kappa shape index (κ1) is 14.4. The van der Waals surface area contributed by atoms with E-state index < -0.39 is 10.0 Å². The van der Waals surface area contributed by atoms with Gasteiger partial charge in [0.05, 0.1) is 12.8 Å². The number of aromatic nitrogens is 2. The third-order valence-electron chi connectivity index (χ3n) is 3.26. The highest BCUT2D eigenvalue weighted by molar-refractivity contribution is 7.89. The molecule has 0 saturated carbocycles. The topological polar surface area (TPSA) is 98.3 Å². The summed E-state index contributed by atoms with van der Waals surface area (Å²) in [5.74, 6) is 0. The number of likely N-dealkylation sites (tertiary alicyclic amines) is 1. The molecular weight excluding hydrogens is 268 g/mol. The van der Waals surface area contributed by atoms with Crippen LogP contribution in [0.4, 0.5) is 0 Å². The molecule has 0 amide bonds. The fourth-order valence-electron chi connectivity index (χ4n) is 2.23. The summed E-state index contributed by atoms with van der Waals surface area (Å²) >= 11 is 0. The van der Waals surface area contributed by atoms with E-state index in [1.165, 1.54) is 19.0 Å². The summed E-state index contributed by atoms with van der Waals surface area (Å²) in [5, 5.41) is 15.0. The minimum Gasteiger partial charge on any atom is -0.392 e. The van der Waals surface area contributed by atoms with Gasteiger partial charge in [-0.2, -0.15) is 5.10 Å². The lowest BCUT2D eigenvalue weighted by atomic mass is 10.4. The van der Waals surface area contributed by atoms with E-state index in [0.29, 0.717) is 6.54 Å². The molecule has 2 heterocycles. The van der Waals surface area contributed by atoms with E-state index in [9.17, 15) is 8.42 Å². The molecule has 3 N–H and O–H groups in total. The molecule has 19 heavy (non-hydrogen) atoms. The quantitative estimate of drug-likeness (QED) is 0.597. The molecule has 0 bridgehead atoms. The van der Waals surface area contributed by atoms with Gasteiger partial charge in [0.2, 0.25) is 0 Å². The monoisotopic (exact) mass is 288 g/mol. The number of aliphatic hydroxyl groups excluding tert-OH is 1. The molecule has 0 unspecified atom stereocenters. The van der Waals surface area contributed by atoms with Crippen molar-refractivity contribution in [3.05, 3.63) is 11.8 Å². The highest BCUT2D eigenvalue weighted by atomic mass is 32.2. The van der Waals surface area contributed by atoms with E-state index in [4.69, 9.17) is 5.11 Å². The van der Waals surface area contributed by atoms with Crippen molar-refractivity contribution in [1.29, 1.82) is 0 Å². The molecule has 0 aromatic carbocycles. The Bertz CT molecular complexity index is 494. The van der Waals surface area contributed by atoms with E-state index in [2.05, 4.69) is 19.8 Å². The maximum atomic E-state index is 12.0. The van der Waals surface area contributed by atoms with Crippen molar-refractivity contribution in [3.8, 4) is 0 Å². The molecule has 0 radical (unpaired) electrons. The maximum absolute atomic E-state index is 12.0. The van der Waals surface area contributed by atoms with Gasteiger partial charge in [-0.05, 0) is 38.9 Å². The normalized spacial score (nSPS) is 17.1. The third kappa shape index (κ3) is 3.75. The zero-order valence-corrected chi connectivity index (χ0v) is 11.6. The number of aromatic amines is 1. The molecule has 1 aliphatic heterocycles. The van der Waals surface area contributed by atoms with Gasteiger partial charge in [0.15, 0.2) is 5.03 Å². The van der Waals surface area contributed by atoms with Crippen molar-refractivity contribution in [2.24, 2.45) is 0 Å². The highest BCUT2D eigenvalue weighted by Crippen LogP contribution is 2.11. The lowest BCUT2D eigenvalue weighted by molar-refractivity contribution is 0.278. The summed E-state index contributed by atoms with van der Waals surface area (Å²) in [4.78, 5) is 2.34. The minimum atomic E-state index is -3.60. The van der Waals surface area contributed by atoms with Gasteiger partial charge in [0.1, 0.15) is 0 Å². The van der Waals surface area contributed by atoms with Crippen LogP contribution in [0.5, 0.6) is 0 Å². The first-order valence-corrected chi connectivity index (χ1v) is 7.97. The predicted octanol–water partition coefficient (Wildman–Crippen LogP) is -0.334. The van der Waals surface area contributed by atoms with Crippen molar-refractivity contribution in [3.63, 3.8) is 0 Å². The van der Waals surface area contributed by atoms with Crippen molar-refractivity contribution >= 4 is 10.0 Å². The molecule has 0 aliphatic carbocycles. The Labute approximate surface area is 113 Å². The van der Waals surface area contributed by atoms with Crippen LogP contribution in [0.25, 0.3) is 0 Å². The number of sulfonamides is 1. The Morgan fingerprint density at radius 1 is 1.42 bits per heavy atom. The minimum absolute atomic E-state index is 0.0452. The average molecular weight is 288 g/mol. The first-order chi connectivity index (χ1) is 9.13. The van der Waals surface area contributed by atoms with Crippen molar-refractivity contribution < 1.29 is 13.5 Å². The van der Waals surface area contributed by atoms with E-state index >= 15 is 0 Å². The Kier molecular flexibility index (Phi) is 4.92. The van der Waals surface area contributed by atoms with E-state index in [0.717, 1.165) is 26.1 Å². The number of nitrogens with zero attached hydrogens (tertiary/aromatic N) is 2. The van der Waals surface area contributed by atoms with E-state index in [1.54, 1.807) is 0 Å². The standard InChI is InChI=1S/C11H20N4O3S/c16-9-10-8-12-14-11(10)19(17,18)13-4-3-7-15-5-1-2-6-15/h8,13,16H,1-7,9H2,(H,12,14). The van der Waals surface area contributed by atoms with Crippen molar-refractivity contribution in [1.82, 2.24) is 19.8 Å². The number of rotatable bonds is 7. The van der Waals surface area contributed by atoms with Gasteiger partial charge >= 0.3 is 0 Å². The van der Waals surface area contributed by atoms with Gasteiger partial charge < -0.3 is 10.0 Å². The van der Waals surface area contributed by atoms with E-state index in [-0.39, 0.29) is 17.2 Å². The third-order valence-corrected chi connectivity index (χ3v) is 4.73. The van der Waals surface area contributed by atoms with Gasteiger partial charge in [0.25, 0.3) is 10.0 Å². The summed E-state index contributed by atoms with van der Waals surface area (Å²) < 4.78 is 26.4. The van der Waals surface area contributed by atoms with Crippen LogP contribution in [0.1, 0.15) is 24.8 Å². The maximum Gasteiger partial charge on any atom is 0.257 e. The van der Waals surface area contributed by atoms with Gasteiger partial charge in [-0.3, -0.25) is 5.10 Å². The Morgan fingerprint density at radius 3 is 2.84 bits per heavy atom. The summed E-state index contributed by atoms with van der Waals surface area (Å²) in [5.41, 5.74) is 0.284. The number of nitrogens with one attached hydrogen (secondary N) is 2.